The Morgan fingerprint density at radius 3 is 2.48 bits per heavy atom. The monoisotopic (exact) mass is 461 g/mol. The topological polar surface area (TPSA) is 87.8 Å². The van der Waals surface area contributed by atoms with Crippen molar-refractivity contribution in [1.29, 1.82) is 0 Å². The van der Waals surface area contributed by atoms with Gasteiger partial charge in [-0.2, -0.15) is 0 Å². The molecule has 0 fully saturated rings. The predicted octanol–water partition coefficient (Wildman–Crippen LogP) is 5.55. The number of amides is 1. The van der Waals surface area contributed by atoms with Crippen LogP contribution in [0.4, 0.5) is 5.69 Å². The molecular formula is C26H20ClNO5. The van der Waals surface area contributed by atoms with Crippen molar-refractivity contribution < 1.29 is 23.9 Å². The average molecular weight is 462 g/mol. The number of hydrogen-bond acceptors (Lipinski definition) is 4. The smallest absolute Gasteiger partial charge is 0.337 e. The Morgan fingerprint density at radius 2 is 1.79 bits per heavy atom. The molecule has 1 amide bonds. The van der Waals surface area contributed by atoms with Gasteiger partial charge in [-0.3, -0.25) is 14.5 Å². The van der Waals surface area contributed by atoms with Crippen molar-refractivity contribution in [2.75, 3.05) is 4.90 Å². The van der Waals surface area contributed by atoms with Crippen molar-refractivity contribution in [2.24, 2.45) is 0 Å². The van der Waals surface area contributed by atoms with Crippen LogP contribution < -0.4 is 4.90 Å². The number of ketones is 1. The molecule has 2 aliphatic rings. The second-order valence-corrected chi connectivity index (χ2v) is 8.68. The number of carboxylic acids is 1. The Labute approximate surface area is 195 Å². The maximum atomic E-state index is 13.5. The zero-order chi connectivity index (χ0) is 23.1. The first-order valence-corrected chi connectivity index (χ1v) is 11.0. The number of Topliss-reactive ketones (excluding diaryl/α,β-unsaturated/α-hetero) is 1. The summed E-state index contributed by atoms with van der Waals surface area (Å²) in [4.78, 5) is 40.0. The lowest BCUT2D eigenvalue weighted by Crippen LogP contribution is -2.41. The first-order chi connectivity index (χ1) is 15.9. The molecule has 33 heavy (non-hydrogen) atoms. The molecule has 0 spiro atoms. The van der Waals surface area contributed by atoms with Gasteiger partial charge in [0.1, 0.15) is 5.76 Å². The average Bonchev–Trinajstić information content (AvgIpc) is 3.34. The van der Waals surface area contributed by atoms with E-state index in [-0.39, 0.29) is 34.6 Å². The molecule has 3 aromatic rings. The number of furan rings is 1. The molecule has 1 aliphatic carbocycles. The number of carboxylic acid groups (broad SMARTS) is 1. The van der Waals surface area contributed by atoms with Gasteiger partial charge in [-0.05, 0) is 48.2 Å². The molecule has 1 N–H and O–H groups in total. The summed E-state index contributed by atoms with van der Waals surface area (Å²) in [6.07, 6.45) is 2.39. The van der Waals surface area contributed by atoms with Gasteiger partial charge in [-0.15, -0.1) is 0 Å². The Kier molecular flexibility index (Phi) is 5.38. The van der Waals surface area contributed by atoms with Gasteiger partial charge in [0.2, 0.25) is 5.91 Å². The number of anilines is 1. The van der Waals surface area contributed by atoms with Crippen LogP contribution in [0.5, 0.6) is 0 Å². The van der Waals surface area contributed by atoms with Crippen LogP contribution in [0.15, 0.2) is 82.6 Å². The number of nitrogens with zero attached hydrogens (tertiary/aromatic N) is 1. The molecule has 0 saturated heterocycles. The van der Waals surface area contributed by atoms with Crippen molar-refractivity contribution in [1.82, 2.24) is 0 Å². The van der Waals surface area contributed by atoms with Crippen LogP contribution in [0.25, 0.3) is 0 Å². The minimum Gasteiger partial charge on any atom is -0.478 e. The van der Waals surface area contributed by atoms with E-state index >= 15 is 0 Å². The van der Waals surface area contributed by atoms with E-state index in [9.17, 15) is 19.5 Å². The van der Waals surface area contributed by atoms with Gasteiger partial charge in [-0.1, -0.05) is 41.9 Å². The van der Waals surface area contributed by atoms with E-state index in [1.54, 1.807) is 18.2 Å². The SMILES string of the molecule is O=C1CC(c2ccccc2)CC2=C1C(c1ccco1)CC(=O)N2c1ccc(Cl)c(C(=O)O)c1. The lowest BCUT2D eigenvalue weighted by molar-refractivity contribution is -0.120. The highest BCUT2D eigenvalue weighted by Gasteiger charge is 2.43. The van der Waals surface area contributed by atoms with Gasteiger partial charge < -0.3 is 9.52 Å². The Hall–Kier alpha value is -3.64. The third-order valence-corrected chi connectivity index (χ3v) is 6.66. The number of carbonyl (C=O) groups excluding carboxylic acids is 2. The third kappa shape index (κ3) is 3.76. The minimum atomic E-state index is -1.18. The molecule has 0 saturated carbocycles. The van der Waals surface area contributed by atoms with Crippen molar-refractivity contribution in [3.05, 3.63) is 100 Å². The molecule has 5 rings (SSSR count). The van der Waals surface area contributed by atoms with Gasteiger partial charge in [0.25, 0.3) is 0 Å². The van der Waals surface area contributed by atoms with E-state index in [4.69, 9.17) is 16.0 Å². The molecule has 1 aliphatic heterocycles. The quantitative estimate of drug-likeness (QED) is 0.550. The maximum absolute atomic E-state index is 13.5. The summed E-state index contributed by atoms with van der Waals surface area (Å²) in [5.74, 6) is -1.42. The molecule has 166 valence electrons. The standard InChI is InChI=1S/C26H20ClNO5/c27-20-9-8-17(13-18(20)26(31)32)28-21-11-16(15-5-2-1-3-6-15)12-22(29)25(21)19(14-24(28)30)23-7-4-10-33-23/h1-10,13,16,19H,11-12,14H2,(H,31,32). The van der Waals surface area contributed by atoms with Crippen LogP contribution in [0.2, 0.25) is 5.02 Å². The second kappa shape index (κ2) is 8.37. The summed E-state index contributed by atoms with van der Waals surface area (Å²) >= 11 is 6.06. The zero-order valence-corrected chi connectivity index (χ0v) is 18.3. The van der Waals surface area contributed by atoms with Gasteiger partial charge in [0.15, 0.2) is 5.78 Å². The van der Waals surface area contributed by atoms with Crippen LogP contribution in [-0.2, 0) is 9.59 Å². The van der Waals surface area contributed by atoms with Crippen LogP contribution >= 0.6 is 11.6 Å². The molecule has 2 aromatic carbocycles. The molecular weight excluding hydrogens is 442 g/mol. The fourth-order valence-electron chi connectivity index (χ4n) is 4.85. The Morgan fingerprint density at radius 1 is 1.00 bits per heavy atom. The highest BCUT2D eigenvalue weighted by molar-refractivity contribution is 6.33. The summed E-state index contributed by atoms with van der Waals surface area (Å²) in [5, 5.41) is 9.60. The number of aromatic carboxylic acids is 1. The minimum absolute atomic E-state index is 0.0311. The van der Waals surface area contributed by atoms with E-state index in [1.165, 1.54) is 23.3 Å². The molecule has 0 radical (unpaired) electrons. The summed E-state index contributed by atoms with van der Waals surface area (Å²) < 4.78 is 5.59. The van der Waals surface area contributed by atoms with Crippen LogP contribution in [0.1, 0.15) is 52.8 Å². The lowest BCUT2D eigenvalue weighted by Gasteiger charge is -2.40. The number of benzene rings is 2. The first kappa shape index (κ1) is 21.2. The van der Waals surface area contributed by atoms with E-state index in [2.05, 4.69) is 0 Å². The number of allylic oxidation sites excluding steroid dienone is 2. The van der Waals surface area contributed by atoms with Crippen LogP contribution in [0.3, 0.4) is 0 Å². The van der Waals surface area contributed by atoms with E-state index in [1.807, 2.05) is 30.3 Å². The van der Waals surface area contributed by atoms with Crippen LogP contribution in [0, 0.1) is 0 Å². The molecule has 6 nitrogen and oxygen atoms in total. The van der Waals surface area contributed by atoms with Crippen molar-refractivity contribution >= 4 is 34.9 Å². The number of rotatable bonds is 4. The Balaban J connectivity index is 1.66. The highest BCUT2D eigenvalue weighted by atomic mass is 35.5. The van der Waals surface area contributed by atoms with Gasteiger partial charge in [0, 0.05) is 29.8 Å². The predicted molar refractivity (Wildman–Crippen MR) is 122 cm³/mol. The van der Waals surface area contributed by atoms with Gasteiger partial charge >= 0.3 is 5.97 Å². The lowest BCUT2D eigenvalue weighted by atomic mass is 9.74. The number of carbonyl (C=O) groups is 3. The molecule has 1 aromatic heterocycles. The number of halogens is 1. The second-order valence-electron chi connectivity index (χ2n) is 8.27. The van der Waals surface area contributed by atoms with Gasteiger partial charge in [-0.25, -0.2) is 4.79 Å². The summed E-state index contributed by atoms with van der Waals surface area (Å²) in [7, 11) is 0. The molecule has 2 atom stereocenters. The molecule has 0 bridgehead atoms. The summed E-state index contributed by atoms with van der Waals surface area (Å²) in [5.41, 5.74) is 2.46. The maximum Gasteiger partial charge on any atom is 0.337 e. The highest BCUT2D eigenvalue weighted by Crippen LogP contribution is 2.47. The molecule has 7 heteroatoms. The van der Waals surface area contributed by atoms with Crippen molar-refractivity contribution in [3.63, 3.8) is 0 Å². The van der Waals surface area contributed by atoms with Gasteiger partial charge in [0.05, 0.1) is 22.8 Å². The zero-order valence-electron chi connectivity index (χ0n) is 17.5. The Bertz CT molecular complexity index is 1280. The third-order valence-electron chi connectivity index (χ3n) is 6.33. The van der Waals surface area contributed by atoms with E-state index in [0.717, 1.165) is 5.56 Å². The van der Waals surface area contributed by atoms with Crippen molar-refractivity contribution in [2.45, 2.75) is 31.1 Å². The summed E-state index contributed by atoms with van der Waals surface area (Å²) in [6, 6.07) is 17.7. The van der Waals surface area contributed by atoms with E-state index in [0.29, 0.717) is 35.6 Å². The first-order valence-electron chi connectivity index (χ1n) is 10.6. The normalized spacial score (nSPS) is 20.7. The van der Waals surface area contributed by atoms with Crippen molar-refractivity contribution in [3.8, 4) is 0 Å². The van der Waals surface area contributed by atoms with E-state index < -0.39 is 11.9 Å². The molecule has 2 unspecified atom stereocenters. The molecule has 2 heterocycles. The number of hydrogen-bond donors (Lipinski definition) is 1. The fraction of sp³-hybridized carbons (Fsp3) is 0.192. The summed E-state index contributed by atoms with van der Waals surface area (Å²) in [6.45, 7) is 0. The largest absolute Gasteiger partial charge is 0.478 e. The van der Waals surface area contributed by atoms with Crippen LogP contribution in [-0.4, -0.2) is 22.8 Å². The fourth-order valence-corrected chi connectivity index (χ4v) is 5.04.